The lowest BCUT2D eigenvalue weighted by Crippen LogP contribution is -2.41. The van der Waals surface area contributed by atoms with Gasteiger partial charge in [-0.2, -0.15) is 0 Å². The van der Waals surface area contributed by atoms with Gasteiger partial charge in [-0.3, -0.25) is 14.9 Å². The van der Waals surface area contributed by atoms with Crippen LogP contribution in [0.1, 0.15) is 26.7 Å². The van der Waals surface area contributed by atoms with E-state index in [1.54, 1.807) is 13.8 Å². The highest BCUT2D eigenvalue weighted by atomic mass is 16.4. The lowest BCUT2D eigenvalue weighted by atomic mass is 9.85. The first-order valence-corrected chi connectivity index (χ1v) is 5.00. The minimum absolute atomic E-state index is 0.0254. The first kappa shape index (κ1) is 15.0. The molecular weight excluding hydrogens is 224 g/mol. The Morgan fingerprint density at radius 2 is 1.88 bits per heavy atom. The summed E-state index contributed by atoms with van der Waals surface area (Å²) >= 11 is 0. The van der Waals surface area contributed by atoms with Crippen LogP contribution in [0.3, 0.4) is 0 Å². The summed E-state index contributed by atoms with van der Waals surface area (Å²) in [5.74, 6) is 0.662. The number of terminal acetylenes is 1. The molecule has 0 spiro atoms. The zero-order valence-corrected chi connectivity index (χ0v) is 9.87. The fourth-order valence-electron chi connectivity index (χ4n) is 1.25. The van der Waals surface area contributed by atoms with Crippen molar-refractivity contribution in [2.24, 2.45) is 5.41 Å². The van der Waals surface area contributed by atoms with Gasteiger partial charge in [-0.15, -0.1) is 6.42 Å². The van der Waals surface area contributed by atoms with Gasteiger partial charge in [-0.1, -0.05) is 19.8 Å². The number of imide groups is 1. The average Bonchev–Trinajstić information content (AvgIpc) is 2.10. The largest absolute Gasteiger partial charge is 0.481 e. The summed E-state index contributed by atoms with van der Waals surface area (Å²) in [5.41, 5.74) is -0.706. The van der Waals surface area contributed by atoms with Crippen molar-refractivity contribution in [2.75, 3.05) is 6.54 Å². The van der Waals surface area contributed by atoms with Crippen molar-refractivity contribution < 1.29 is 19.5 Å². The van der Waals surface area contributed by atoms with Gasteiger partial charge >= 0.3 is 12.0 Å². The number of rotatable bonds is 5. The van der Waals surface area contributed by atoms with Crippen LogP contribution in [0, 0.1) is 17.8 Å². The van der Waals surface area contributed by atoms with E-state index in [1.807, 2.05) is 0 Å². The number of hydrogen-bond acceptors (Lipinski definition) is 3. The molecule has 0 aromatic rings. The van der Waals surface area contributed by atoms with Crippen LogP contribution in [0.15, 0.2) is 0 Å². The maximum absolute atomic E-state index is 11.4. The molecule has 0 radical (unpaired) electrons. The molecule has 0 unspecified atom stereocenters. The van der Waals surface area contributed by atoms with Crippen molar-refractivity contribution in [2.45, 2.75) is 26.7 Å². The van der Waals surface area contributed by atoms with Crippen LogP contribution in [0.25, 0.3) is 0 Å². The van der Waals surface area contributed by atoms with Crippen molar-refractivity contribution in [3.8, 4) is 12.3 Å². The standard InChI is InChI=1S/C11H16N2O4/c1-4-5-12-10(17)13-8(14)6-11(2,3)7-9(15)16/h1H,5-7H2,2-3H3,(H,15,16)(H2,12,13,14,17). The SMILES string of the molecule is C#CCNC(=O)NC(=O)CC(C)(C)CC(=O)O. The highest BCUT2D eigenvalue weighted by Gasteiger charge is 2.25. The number of carbonyl (C=O) groups excluding carboxylic acids is 2. The van der Waals surface area contributed by atoms with E-state index in [1.165, 1.54) is 0 Å². The topological polar surface area (TPSA) is 95.5 Å². The molecule has 0 heterocycles. The van der Waals surface area contributed by atoms with Gasteiger partial charge in [0.2, 0.25) is 5.91 Å². The third-order valence-corrected chi connectivity index (χ3v) is 1.87. The minimum atomic E-state index is -0.986. The number of urea groups is 1. The third kappa shape index (κ3) is 7.85. The molecule has 0 bridgehead atoms. The van der Waals surface area contributed by atoms with E-state index in [-0.39, 0.29) is 19.4 Å². The van der Waals surface area contributed by atoms with E-state index in [4.69, 9.17) is 11.5 Å². The van der Waals surface area contributed by atoms with Gasteiger partial charge < -0.3 is 10.4 Å². The van der Waals surface area contributed by atoms with Crippen LogP contribution in [-0.4, -0.2) is 29.6 Å². The molecule has 17 heavy (non-hydrogen) atoms. The Morgan fingerprint density at radius 3 is 2.35 bits per heavy atom. The molecule has 0 saturated heterocycles. The molecule has 94 valence electrons. The van der Waals surface area contributed by atoms with Crippen LogP contribution in [0.5, 0.6) is 0 Å². The van der Waals surface area contributed by atoms with Crippen LogP contribution < -0.4 is 10.6 Å². The van der Waals surface area contributed by atoms with Gasteiger partial charge in [-0.05, 0) is 5.41 Å². The molecule has 6 nitrogen and oxygen atoms in total. The van der Waals surface area contributed by atoms with Crippen molar-refractivity contribution in [1.82, 2.24) is 10.6 Å². The molecule has 0 aliphatic carbocycles. The number of nitrogens with one attached hydrogen (secondary N) is 2. The predicted octanol–water partition coefficient (Wildman–Crippen LogP) is 0.336. The number of carboxylic acid groups (broad SMARTS) is 1. The summed E-state index contributed by atoms with van der Waals surface area (Å²) < 4.78 is 0. The molecule has 0 atom stereocenters. The summed E-state index contributed by atoms with van der Waals surface area (Å²) in [6, 6.07) is -0.681. The van der Waals surface area contributed by atoms with E-state index in [2.05, 4.69) is 16.6 Å². The van der Waals surface area contributed by atoms with Crippen molar-refractivity contribution in [3.05, 3.63) is 0 Å². The smallest absolute Gasteiger partial charge is 0.322 e. The second-order valence-electron chi connectivity index (χ2n) is 4.35. The summed E-state index contributed by atoms with van der Waals surface area (Å²) in [7, 11) is 0. The van der Waals surface area contributed by atoms with Gasteiger partial charge in [0, 0.05) is 6.42 Å². The normalized spacial score (nSPS) is 10.2. The predicted molar refractivity (Wildman–Crippen MR) is 61.0 cm³/mol. The molecule has 0 aliphatic rings. The first-order chi connectivity index (χ1) is 7.76. The molecule has 0 saturated carbocycles. The Balaban J connectivity index is 4.13. The highest BCUT2D eigenvalue weighted by molar-refractivity contribution is 5.94. The molecule has 0 rings (SSSR count). The summed E-state index contributed by atoms with van der Waals surface area (Å²) in [6.07, 6.45) is 4.72. The highest BCUT2D eigenvalue weighted by Crippen LogP contribution is 2.24. The number of aliphatic carboxylic acids is 1. The van der Waals surface area contributed by atoms with Crippen LogP contribution in [0.4, 0.5) is 4.79 Å². The number of carbonyl (C=O) groups is 3. The second kappa shape index (κ2) is 6.53. The zero-order chi connectivity index (χ0) is 13.5. The maximum Gasteiger partial charge on any atom is 0.322 e. The quantitative estimate of drug-likeness (QED) is 0.604. The Morgan fingerprint density at radius 1 is 1.29 bits per heavy atom. The maximum atomic E-state index is 11.4. The Bertz CT molecular complexity index is 355. The van der Waals surface area contributed by atoms with E-state index in [0.29, 0.717) is 0 Å². The molecule has 0 aliphatic heterocycles. The lowest BCUT2D eigenvalue weighted by Gasteiger charge is -2.21. The van der Waals surface area contributed by atoms with Gasteiger partial charge in [-0.25, -0.2) is 4.79 Å². The number of hydrogen-bond donors (Lipinski definition) is 3. The molecule has 0 aromatic heterocycles. The summed E-state index contributed by atoms with van der Waals surface area (Å²) in [4.78, 5) is 33.0. The van der Waals surface area contributed by atoms with Gasteiger partial charge in [0.1, 0.15) is 0 Å². The molecule has 0 aromatic carbocycles. The molecule has 3 amide bonds. The lowest BCUT2D eigenvalue weighted by molar-refractivity contribution is -0.139. The monoisotopic (exact) mass is 240 g/mol. The van der Waals surface area contributed by atoms with Crippen molar-refractivity contribution in [3.63, 3.8) is 0 Å². The van der Waals surface area contributed by atoms with Crippen LogP contribution in [-0.2, 0) is 9.59 Å². The van der Waals surface area contributed by atoms with Crippen LogP contribution >= 0.6 is 0 Å². The first-order valence-electron chi connectivity index (χ1n) is 5.00. The van der Waals surface area contributed by atoms with Gasteiger partial charge in [0.25, 0.3) is 0 Å². The minimum Gasteiger partial charge on any atom is -0.481 e. The van der Waals surface area contributed by atoms with E-state index in [9.17, 15) is 14.4 Å². The Hall–Kier alpha value is -2.03. The molecular formula is C11H16N2O4. The number of carboxylic acids is 1. The van der Waals surface area contributed by atoms with E-state index >= 15 is 0 Å². The zero-order valence-electron chi connectivity index (χ0n) is 9.87. The molecule has 3 N–H and O–H groups in total. The van der Waals surface area contributed by atoms with Crippen LogP contribution in [0.2, 0.25) is 0 Å². The third-order valence-electron chi connectivity index (χ3n) is 1.87. The average molecular weight is 240 g/mol. The van der Waals surface area contributed by atoms with Gasteiger partial charge in [0.05, 0.1) is 13.0 Å². The van der Waals surface area contributed by atoms with E-state index in [0.717, 1.165) is 0 Å². The van der Waals surface area contributed by atoms with E-state index < -0.39 is 23.3 Å². The fraction of sp³-hybridized carbons (Fsp3) is 0.545. The van der Waals surface area contributed by atoms with Gasteiger partial charge in [0.15, 0.2) is 0 Å². The Kier molecular flexibility index (Phi) is 5.75. The summed E-state index contributed by atoms with van der Waals surface area (Å²) in [5, 5.41) is 13.0. The summed E-state index contributed by atoms with van der Waals surface area (Å²) in [6.45, 7) is 3.30. The molecule has 6 heteroatoms. The van der Waals surface area contributed by atoms with Crippen molar-refractivity contribution in [1.29, 1.82) is 0 Å². The Labute approximate surface area is 99.8 Å². The molecule has 0 fully saturated rings. The second-order valence-corrected chi connectivity index (χ2v) is 4.35. The number of amides is 3. The van der Waals surface area contributed by atoms with Crippen molar-refractivity contribution >= 4 is 17.9 Å². The fourth-order valence-corrected chi connectivity index (χ4v) is 1.25.